The van der Waals surface area contributed by atoms with E-state index in [1.54, 1.807) is 18.2 Å². The second kappa shape index (κ2) is 9.69. The zero-order valence-corrected chi connectivity index (χ0v) is 18.9. The summed E-state index contributed by atoms with van der Waals surface area (Å²) in [5.74, 6) is 0.685. The number of hydrogen-bond donors (Lipinski definition) is 0. The van der Waals surface area contributed by atoms with Gasteiger partial charge in [-0.1, -0.05) is 74.9 Å². The lowest BCUT2D eigenvalue weighted by atomic mass is 9.87. The molecule has 0 spiro atoms. The highest BCUT2D eigenvalue weighted by atomic mass is 16.5. The van der Waals surface area contributed by atoms with Crippen LogP contribution in [0, 0.1) is 6.92 Å². The van der Waals surface area contributed by atoms with E-state index in [1.807, 2.05) is 25.1 Å². The number of ether oxygens (including phenoxy) is 3. The first-order valence-corrected chi connectivity index (χ1v) is 10.4. The average molecular weight is 419 g/mol. The number of carbonyl (C=O) groups excluding carboxylic acids is 1. The van der Waals surface area contributed by atoms with Gasteiger partial charge in [-0.3, -0.25) is 0 Å². The highest BCUT2D eigenvalue weighted by Crippen LogP contribution is 2.26. The fourth-order valence-corrected chi connectivity index (χ4v) is 3.21. The fourth-order valence-electron chi connectivity index (χ4n) is 3.21. The Kier molecular flexibility index (Phi) is 7.01. The summed E-state index contributed by atoms with van der Waals surface area (Å²) < 4.78 is 16.8. The molecule has 0 heterocycles. The molecule has 0 aliphatic heterocycles. The zero-order valence-electron chi connectivity index (χ0n) is 18.9. The molecule has 0 saturated carbocycles. The molecule has 0 atom stereocenters. The number of aryl methyl sites for hydroxylation is 1. The van der Waals surface area contributed by atoms with Crippen molar-refractivity contribution in [2.24, 2.45) is 0 Å². The third-order valence-electron chi connectivity index (χ3n) is 5.01. The van der Waals surface area contributed by atoms with E-state index in [1.165, 1.54) is 18.2 Å². The number of rotatable bonds is 7. The monoisotopic (exact) mass is 418 g/mol. The van der Waals surface area contributed by atoms with Crippen molar-refractivity contribution >= 4 is 5.97 Å². The van der Waals surface area contributed by atoms with Gasteiger partial charge >= 0.3 is 5.97 Å². The van der Waals surface area contributed by atoms with Crippen molar-refractivity contribution in [2.45, 2.75) is 46.3 Å². The van der Waals surface area contributed by atoms with Crippen LogP contribution in [0.5, 0.6) is 11.5 Å². The van der Waals surface area contributed by atoms with Crippen LogP contribution in [0.3, 0.4) is 0 Å². The molecule has 0 amide bonds. The number of benzene rings is 3. The molecule has 0 aliphatic rings. The van der Waals surface area contributed by atoms with Crippen molar-refractivity contribution in [3.63, 3.8) is 0 Å². The van der Waals surface area contributed by atoms with Crippen molar-refractivity contribution in [1.82, 2.24) is 0 Å². The summed E-state index contributed by atoms with van der Waals surface area (Å²) in [6.07, 6.45) is 0. The van der Waals surface area contributed by atoms with Crippen molar-refractivity contribution in [2.75, 3.05) is 7.11 Å². The van der Waals surface area contributed by atoms with Crippen LogP contribution in [0.25, 0.3) is 0 Å². The van der Waals surface area contributed by atoms with E-state index >= 15 is 0 Å². The Labute approximate surface area is 184 Å². The van der Waals surface area contributed by atoms with Gasteiger partial charge in [-0.05, 0) is 41.2 Å². The van der Waals surface area contributed by atoms with Crippen LogP contribution in [-0.2, 0) is 23.4 Å². The Hall–Kier alpha value is -3.27. The summed E-state index contributed by atoms with van der Waals surface area (Å²) in [7, 11) is 1.36. The molecule has 3 rings (SSSR count). The molecule has 4 heteroatoms. The van der Waals surface area contributed by atoms with Gasteiger partial charge in [0, 0.05) is 6.07 Å². The lowest BCUT2D eigenvalue weighted by molar-refractivity contribution is 0.0599. The molecule has 0 unspecified atom stereocenters. The minimum Gasteiger partial charge on any atom is -0.489 e. The normalized spacial score (nSPS) is 11.1. The quantitative estimate of drug-likeness (QED) is 0.426. The largest absolute Gasteiger partial charge is 0.489 e. The molecule has 0 N–H and O–H groups in total. The molecular formula is C27H30O4. The van der Waals surface area contributed by atoms with Gasteiger partial charge in [0.2, 0.25) is 0 Å². The maximum Gasteiger partial charge on any atom is 0.338 e. The molecular weight excluding hydrogens is 388 g/mol. The van der Waals surface area contributed by atoms with E-state index in [0.717, 1.165) is 11.1 Å². The summed E-state index contributed by atoms with van der Waals surface area (Å²) in [6, 6.07) is 21.7. The van der Waals surface area contributed by atoms with Crippen LogP contribution in [0.1, 0.15) is 53.4 Å². The van der Waals surface area contributed by atoms with Crippen LogP contribution >= 0.6 is 0 Å². The Morgan fingerprint density at radius 1 is 0.806 bits per heavy atom. The number of hydrogen-bond acceptors (Lipinski definition) is 4. The predicted octanol–water partition coefficient (Wildman–Crippen LogP) is 6.24. The van der Waals surface area contributed by atoms with Crippen LogP contribution in [0.15, 0.2) is 66.7 Å². The summed E-state index contributed by atoms with van der Waals surface area (Å²) in [4.78, 5) is 12.1. The maximum absolute atomic E-state index is 12.1. The van der Waals surface area contributed by atoms with Crippen molar-refractivity contribution in [1.29, 1.82) is 0 Å². The molecule has 3 aromatic rings. The smallest absolute Gasteiger partial charge is 0.338 e. The summed E-state index contributed by atoms with van der Waals surface area (Å²) >= 11 is 0. The first-order chi connectivity index (χ1) is 14.7. The molecule has 0 bridgehead atoms. The van der Waals surface area contributed by atoms with Crippen LogP contribution < -0.4 is 9.47 Å². The van der Waals surface area contributed by atoms with Gasteiger partial charge < -0.3 is 14.2 Å². The van der Waals surface area contributed by atoms with Gasteiger partial charge in [-0.2, -0.15) is 0 Å². The molecule has 0 saturated heterocycles. The Balaban J connectivity index is 1.74. The van der Waals surface area contributed by atoms with E-state index in [-0.39, 0.29) is 5.41 Å². The minimum absolute atomic E-state index is 0.109. The van der Waals surface area contributed by atoms with Crippen molar-refractivity contribution in [3.05, 3.63) is 94.5 Å². The van der Waals surface area contributed by atoms with Gasteiger partial charge in [0.1, 0.15) is 24.7 Å². The van der Waals surface area contributed by atoms with Crippen LogP contribution in [0.2, 0.25) is 0 Å². The minimum atomic E-state index is -0.430. The van der Waals surface area contributed by atoms with E-state index in [4.69, 9.17) is 14.2 Å². The molecule has 0 fully saturated rings. The maximum atomic E-state index is 12.1. The third-order valence-corrected chi connectivity index (χ3v) is 5.01. The van der Waals surface area contributed by atoms with Crippen LogP contribution in [-0.4, -0.2) is 13.1 Å². The lowest BCUT2D eigenvalue weighted by Gasteiger charge is -2.19. The second-order valence-corrected chi connectivity index (χ2v) is 8.70. The molecule has 31 heavy (non-hydrogen) atoms. The molecule has 162 valence electrons. The topological polar surface area (TPSA) is 44.8 Å². The number of carbonyl (C=O) groups is 1. The summed E-state index contributed by atoms with van der Waals surface area (Å²) in [5, 5.41) is 0. The van der Waals surface area contributed by atoms with Gasteiger partial charge in [-0.25, -0.2) is 4.79 Å². The van der Waals surface area contributed by atoms with Gasteiger partial charge in [0.15, 0.2) is 0 Å². The predicted molar refractivity (Wildman–Crippen MR) is 123 cm³/mol. The first kappa shape index (κ1) is 22.4. The van der Waals surface area contributed by atoms with E-state index in [9.17, 15) is 4.79 Å². The standard InChI is InChI=1S/C27H30O4/c1-19-7-6-8-21(13-19)18-31-25-15-22(26(28)29-5)14-24(16-25)30-17-20-9-11-23(12-10-20)27(2,3)4/h6-16H,17-18H2,1-5H3. The molecule has 0 aromatic heterocycles. The van der Waals surface area contributed by atoms with Crippen molar-refractivity contribution < 1.29 is 19.0 Å². The highest BCUT2D eigenvalue weighted by molar-refractivity contribution is 5.90. The third kappa shape index (κ3) is 6.35. The second-order valence-electron chi connectivity index (χ2n) is 8.70. The van der Waals surface area contributed by atoms with E-state index < -0.39 is 5.97 Å². The van der Waals surface area contributed by atoms with E-state index in [2.05, 4.69) is 51.1 Å². The molecule has 4 nitrogen and oxygen atoms in total. The Bertz CT molecular complexity index is 1030. The molecule has 0 radical (unpaired) electrons. The zero-order chi connectivity index (χ0) is 22.4. The Morgan fingerprint density at radius 3 is 1.97 bits per heavy atom. The lowest BCUT2D eigenvalue weighted by Crippen LogP contribution is -2.10. The van der Waals surface area contributed by atoms with Gasteiger partial charge in [0.05, 0.1) is 12.7 Å². The van der Waals surface area contributed by atoms with Gasteiger partial charge in [0.25, 0.3) is 0 Å². The van der Waals surface area contributed by atoms with Crippen molar-refractivity contribution in [3.8, 4) is 11.5 Å². The fraction of sp³-hybridized carbons (Fsp3) is 0.296. The SMILES string of the molecule is COC(=O)c1cc(OCc2ccc(C(C)(C)C)cc2)cc(OCc2cccc(C)c2)c1. The highest BCUT2D eigenvalue weighted by Gasteiger charge is 2.14. The first-order valence-electron chi connectivity index (χ1n) is 10.4. The number of methoxy groups -OCH3 is 1. The van der Waals surface area contributed by atoms with E-state index in [0.29, 0.717) is 30.3 Å². The summed E-state index contributed by atoms with van der Waals surface area (Å²) in [6.45, 7) is 9.41. The summed E-state index contributed by atoms with van der Waals surface area (Å²) in [5.41, 5.74) is 5.06. The van der Waals surface area contributed by atoms with Crippen LogP contribution in [0.4, 0.5) is 0 Å². The molecule has 3 aromatic carbocycles. The van der Waals surface area contributed by atoms with Gasteiger partial charge in [-0.15, -0.1) is 0 Å². The Morgan fingerprint density at radius 2 is 1.42 bits per heavy atom. The number of esters is 1. The molecule has 0 aliphatic carbocycles. The average Bonchev–Trinajstić information content (AvgIpc) is 2.75.